The molecule has 2 aliphatic rings. The van der Waals surface area contributed by atoms with Gasteiger partial charge in [-0.2, -0.15) is 35.1 Å². The van der Waals surface area contributed by atoms with E-state index in [1.54, 1.807) is 0 Å². The van der Waals surface area contributed by atoms with Crippen LogP contribution in [0.25, 0.3) is 0 Å². The number of morpholine rings is 2. The highest BCUT2D eigenvalue weighted by Crippen LogP contribution is 2.39. The molecule has 2 aliphatic heterocycles. The minimum absolute atomic E-state index is 0.129. The van der Waals surface area contributed by atoms with Crippen LogP contribution in [-0.2, 0) is 18.9 Å². The summed E-state index contributed by atoms with van der Waals surface area (Å²) >= 11 is 0. The third-order valence-corrected chi connectivity index (χ3v) is 4.71. The number of alkyl halides is 10. The van der Waals surface area contributed by atoms with Crippen molar-refractivity contribution in [2.75, 3.05) is 65.8 Å². The minimum Gasteiger partial charge on any atom is -0.379 e. The SMILES string of the molecule is FC(N1CCOCC1)C(F)(F)OCC(F)(F)C(F)(F)COC(F)(F)C(F)N1CCOCC1. The van der Waals surface area contributed by atoms with E-state index in [9.17, 15) is 43.9 Å². The van der Waals surface area contributed by atoms with Gasteiger partial charge in [-0.3, -0.25) is 9.80 Å². The van der Waals surface area contributed by atoms with Crippen molar-refractivity contribution in [3.05, 3.63) is 0 Å². The van der Waals surface area contributed by atoms with Gasteiger partial charge in [0.15, 0.2) is 0 Å². The van der Waals surface area contributed by atoms with Crippen molar-refractivity contribution in [1.82, 2.24) is 9.80 Å². The predicted octanol–water partition coefficient (Wildman–Crippen LogP) is 2.73. The first kappa shape index (κ1) is 27.3. The van der Waals surface area contributed by atoms with Crippen LogP contribution >= 0.6 is 0 Å². The molecule has 2 rings (SSSR count). The van der Waals surface area contributed by atoms with Crippen molar-refractivity contribution in [2.24, 2.45) is 0 Å². The number of rotatable bonds is 11. The molecule has 32 heavy (non-hydrogen) atoms. The third kappa shape index (κ3) is 6.79. The van der Waals surface area contributed by atoms with Gasteiger partial charge in [-0.05, 0) is 0 Å². The fourth-order valence-electron chi connectivity index (χ4n) is 2.76. The van der Waals surface area contributed by atoms with E-state index in [0.717, 1.165) is 0 Å². The first-order valence-corrected chi connectivity index (χ1v) is 9.40. The van der Waals surface area contributed by atoms with E-state index < -0.39 is 49.9 Å². The van der Waals surface area contributed by atoms with Crippen LogP contribution in [0.1, 0.15) is 0 Å². The molecule has 0 aromatic heterocycles. The predicted molar refractivity (Wildman–Crippen MR) is 86.3 cm³/mol. The van der Waals surface area contributed by atoms with Gasteiger partial charge in [-0.1, -0.05) is 0 Å². The lowest BCUT2D eigenvalue weighted by atomic mass is 10.2. The lowest BCUT2D eigenvalue weighted by Crippen LogP contribution is -2.55. The Morgan fingerprint density at radius 1 is 0.594 bits per heavy atom. The highest BCUT2D eigenvalue weighted by molar-refractivity contribution is 4.87. The van der Waals surface area contributed by atoms with Crippen LogP contribution in [0.4, 0.5) is 43.9 Å². The smallest absolute Gasteiger partial charge is 0.379 e. The molecule has 2 heterocycles. The number of halogens is 10. The maximum Gasteiger partial charge on any atom is 0.400 e. The summed E-state index contributed by atoms with van der Waals surface area (Å²) < 4.78 is 154. The van der Waals surface area contributed by atoms with E-state index in [1.165, 1.54) is 0 Å². The van der Waals surface area contributed by atoms with Gasteiger partial charge < -0.3 is 18.9 Å². The molecule has 2 saturated heterocycles. The van der Waals surface area contributed by atoms with Crippen LogP contribution in [-0.4, -0.2) is 112 Å². The highest BCUT2D eigenvalue weighted by atomic mass is 19.3. The van der Waals surface area contributed by atoms with Crippen LogP contribution in [0, 0.1) is 0 Å². The van der Waals surface area contributed by atoms with E-state index >= 15 is 0 Å². The van der Waals surface area contributed by atoms with E-state index in [1.807, 2.05) is 0 Å². The Balaban J connectivity index is 1.92. The Morgan fingerprint density at radius 2 is 0.875 bits per heavy atom. The molecule has 0 N–H and O–H groups in total. The van der Waals surface area contributed by atoms with Crippen molar-refractivity contribution in [2.45, 2.75) is 36.7 Å². The summed E-state index contributed by atoms with van der Waals surface area (Å²) in [5, 5.41) is 0. The second kappa shape index (κ2) is 10.5. The van der Waals surface area contributed by atoms with Gasteiger partial charge in [-0.25, -0.2) is 8.78 Å². The summed E-state index contributed by atoms with van der Waals surface area (Å²) in [6, 6.07) is 0. The topological polar surface area (TPSA) is 43.4 Å². The summed E-state index contributed by atoms with van der Waals surface area (Å²) in [6.07, 6.45) is -16.3. The Kier molecular flexibility index (Phi) is 9.00. The number of nitrogens with zero attached hydrogens (tertiary/aromatic N) is 2. The fraction of sp³-hybridized carbons (Fsp3) is 1.00. The van der Waals surface area contributed by atoms with Crippen LogP contribution in [0.15, 0.2) is 0 Å². The van der Waals surface area contributed by atoms with Crippen molar-refractivity contribution in [3.63, 3.8) is 0 Å². The molecule has 0 bridgehead atoms. The summed E-state index contributed by atoms with van der Waals surface area (Å²) in [7, 11) is 0. The van der Waals surface area contributed by atoms with Gasteiger partial charge in [0.2, 0.25) is 12.6 Å². The fourth-order valence-corrected chi connectivity index (χ4v) is 2.76. The van der Waals surface area contributed by atoms with Gasteiger partial charge >= 0.3 is 24.1 Å². The Bertz CT molecular complexity index is 539. The second-order valence-corrected chi connectivity index (χ2v) is 7.08. The molecule has 0 aromatic carbocycles. The monoisotopic (exact) mass is 496 g/mol. The molecule has 2 atom stereocenters. The van der Waals surface area contributed by atoms with Crippen LogP contribution in [0.5, 0.6) is 0 Å². The lowest BCUT2D eigenvalue weighted by molar-refractivity contribution is -0.360. The quantitative estimate of drug-likeness (QED) is 0.324. The number of hydrogen-bond acceptors (Lipinski definition) is 6. The number of ether oxygens (including phenoxy) is 4. The Hall–Kier alpha value is -0.940. The lowest BCUT2D eigenvalue weighted by Gasteiger charge is -2.35. The molecule has 0 amide bonds. The standard InChI is InChI=1S/C16H22F10N2O4/c17-11(27-1-5-29-6-2-27)15(23,24)31-9-13(19,20)14(21,22)10-32-16(25,26)12(18)28-3-7-30-8-4-28/h11-12H,1-10H2. The maximum absolute atomic E-state index is 13.9. The average molecular weight is 496 g/mol. The van der Waals surface area contributed by atoms with Crippen LogP contribution in [0.2, 0.25) is 0 Å². The summed E-state index contributed by atoms with van der Waals surface area (Å²) in [5.74, 6) is -10.9. The molecule has 2 unspecified atom stereocenters. The highest BCUT2D eigenvalue weighted by Gasteiger charge is 2.61. The largest absolute Gasteiger partial charge is 0.400 e. The van der Waals surface area contributed by atoms with Crippen molar-refractivity contribution in [3.8, 4) is 0 Å². The summed E-state index contributed by atoms with van der Waals surface area (Å²) in [5.41, 5.74) is 0. The molecule has 6 nitrogen and oxygen atoms in total. The minimum atomic E-state index is -5.47. The first-order chi connectivity index (χ1) is 14.7. The molecular weight excluding hydrogens is 474 g/mol. The molecule has 16 heteroatoms. The Labute approximate surface area is 176 Å². The summed E-state index contributed by atoms with van der Waals surface area (Å²) in [4.78, 5) is 0.993. The van der Waals surface area contributed by atoms with Gasteiger partial charge in [0.05, 0.1) is 26.4 Å². The van der Waals surface area contributed by atoms with Gasteiger partial charge in [0.1, 0.15) is 13.2 Å². The third-order valence-electron chi connectivity index (χ3n) is 4.71. The molecule has 2 fully saturated rings. The van der Waals surface area contributed by atoms with E-state index in [4.69, 9.17) is 9.47 Å². The summed E-state index contributed by atoms with van der Waals surface area (Å²) in [6.45, 7) is -7.26. The Morgan fingerprint density at radius 3 is 1.16 bits per heavy atom. The average Bonchev–Trinajstić information content (AvgIpc) is 2.76. The van der Waals surface area contributed by atoms with Crippen molar-refractivity contribution >= 4 is 0 Å². The molecule has 0 aromatic rings. The van der Waals surface area contributed by atoms with Gasteiger partial charge in [-0.15, -0.1) is 0 Å². The first-order valence-electron chi connectivity index (χ1n) is 9.40. The van der Waals surface area contributed by atoms with E-state index in [2.05, 4.69) is 9.47 Å². The zero-order valence-corrected chi connectivity index (χ0v) is 16.5. The number of hydrogen-bond donors (Lipinski definition) is 0. The molecule has 0 aliphatic carbocycles. The van der Waals surface area contributed by atoms with Crippen molar-refractivity contribution in [1.29, 1.82) is 0 Å². The molecule has 0 spiro atoms. The molecular formula is C16H22F10N2O4. The van der Waals surface area contributed by atoms with Crippen molar-refractivity contribution < 1.29 is 62.9 Å². The zero-order valence-electron chi connectivity index (χ0n) is 16.5. The van der Waals surface area contributed by atoms with Crippen LogP contribution in [0.3, 0.4) is 0 Å². The van der Waals surface area contributed by atoms with Crippen LogP contribution < -0.4 is 0 Å². The molecule has 0 radical (unpaired) electrons. The second-order valence-electron chi connectivity index (χ2n) is 7.08. The molecule has 190 valence electrons. The normalized spacial score (nSPS) is 22.7. The zero-order chi connectivity index (χ0) is 24.2. The maximum atomic E-state index is 13.9. The van der Waals surface area contributed by atoms with Gasteiger partial charge in [0, 0.05) is 26.2 Å². The van der Waals surface area contributed by atoms with E-state index in [0.29, 0.717) is 9.80 Å². The van der Waals surface area contributed by atoms with Gasteiger partial charge in [0.25, 0.3) is 0 Å². The van der Waals surface area contributed by atoms with E-state index in [-0.39, 0.29) is 52.6 Å². The molecule has 0 saturated carbocycles.